The third-order valence-electron chi connectivity index (χ3n) is 2.30. The standard InChI is InChI=1S/C11H17N3O4/c1-17-5-3-14(4-6-18-2)11-12-7-9(8-13-11)10(15)16/h7-8H,3-6H2,1-2H3,(H,15,16). The summed E-state index contributed by atoms with van der Waals surface area (Å²) < 4.78 is 10.0. The molecule has 0 aliphatic rings. The first kappa shape index (κ1) is 14.3. The Hall–Kier alpha value is -1.73. The summed E-state index contributed by atoms with van der Waals surface area (Å²) in [7, 11) is 3.23. The first-order chi connectivity index (χ1) is 8.69. The lowest BCUT2D eigenvalue weighted by atomic mass is 10.3. The Balaban J connectivity index is 2.73. The molecule has 7 nitrogen and oxygen atoms in total. The predicted octanol–water partition coefficient (Wildman–Crippen LogP) is 0.274. The Kier molecular flexibility index (Phi) is 6.03. The molecule has 0 atom stereocenters. The fraction of sp³-hybridized carbons (Fsp3) is 0.545. The molecule has 1 aromatic rings. The maximum atomic E-state index is 10.7. The fourth-order valence-corrected chi connectivity index (χ4v) is 1.31. The van der Waals surface area contributed by atoms with Gasteiger partial charge in [-0.25, -0.2) is 14.8 Å². The van der Waals surface area contributed by atoms with Crippen molar-refractivity contribution in [2.45, 2.75) is 0 Å². The van der Waals surface area contributed by atoms with E-state index in [4.69, 9.17) is 14.6 Å². The lowest BCUT2D eigenvalue weighted by Crippen LogP contribution is -2.32. The summed E-state index contributed by atoms with van der Waals surface area (Å²) in [6, 6.07) is 0. The second-order valence-electron chi connectivity index (χ2n) is 3.55. The predicted molar refractivity (Wildman–Crippen MR) is 65.0 cm³/mol. The van der Waals surface area contributed by atoms with Crippen LogP contribution in [0.15, 0.2) is 12.4 Å². The first-order valence-corrected chi connectivity index (χ1v) is 5.47. The molecule has 0 fully saturated rings. The summed E-state index contributed by atoms with van der Waals surface area (Å²) in [6.45, 7) is 2.31. The maximum Gasteiger partial charge on any atom is 0.338 e. The van der Waals surface area contributed by atoms with Crippen molar-refractivity contribution in [2.24, 2.45) is 0 Å². The summed E-state index contributed by atoms with van der Waals surface area (Å²) in [6.07, 6.45) is 2.58. The van der Waals surface area contributed by atoms with E-state index in [9.17, 15) is 4.79 Å². The van der Waals surface area contributed by atoms with Crippen LogP contribution in [0.25, 0.3) is 0 Å². The highest BCUT2D eigenvalue weighted by molar-refractivity contribution is 5.86. The van der Waals surface area contributed by atoms with Gasteiger partial charge in [-0.15, -0.1) is 0 Å². The number of carbonyl (C=O) groups is 1. The minimum atomic E-state index is -1.04. The van der Waals surface area contributed by atoms with Gasteiger partial charge in [0.05, 0.1) is 18.8 Å². The Morgan fingerprint density at radius 1 is 1.22 bits per heavy atom. The van der Waals surface area contributed by atoms with Crippen molar-refractivity contribution in [3.63, 3.8) is 0 Å². The Morgan fingerprint density at radius 3 is 2.11 bits per heavy atom. The van der Waals surface area contributed by atoms with Gasteiger partial charge in [-0.3, -0.25) is 0 Å². The lowest BCUT2D eigenvalue weighted by Gasteiger charge is -2.21. The molecular formula is C11H17N3O4. The molecule has 0 amide bonds. The average molecular weight is 255 g/mol. The molecule has 1 aromatic heterocycles. The zero-order chi connectivity index (χ0) is 13.4. The van der Waals surface area contributed by atoms with E-state index in [0.29, 0.717) is 32.3 Å². The zero-order valence-electron chi connectivity index (χ0n) is 10.5. The number of nitrogens with zero attached hydrogens (tertiary/aromatic N) is 3. The molecule has 18 heavy (non-hydrogen) atoms. The van der Waals surface area contributed by atoms with Crippen LogP contribution >= 0.6 is 0 Å². The van der Waals surface area contributed by atoms with Crippen molar-refractivity contribution < 1.29 is 19.4 Å². The third kappa shape index (κ3) is 4.27. The Labute approximate surface area is 105 Å². The van der Waals surface area contributed by atoms with Crippen LogP contribution in [0.5, 0.6) is 0 Å². The van der Waals surface area contributed by atoms with Crippen LogP contribution in [0.4, 0.5) is 5.95 Å². The molecule has 0 aliphatic heterocycles. The molecule has 0 aromatic carbocycles. The molecule has 1 N–H and O–H groups in total. The molecule has 0 saturated carbocycles. The molecule has 0 spiro atoms. The molecule has 0 saturated heterocycles. The van der Waals surface area contributed by atoms with E-state index in [1.54, 1.807) is 14.2 Å². The van der Waals surface area contributed by atoms with Gasteiger partial charge in [-0.2, -0.15) is 0 Å². The number of hydrogen-bond acceptors (Lipinski definition) is 6. The van der Waals surface area contributed by atoms with Gasteiger partial charge in [0, 0.05) is 39.7 Å². The van der Waals surface area contributed by atoms with Gasteiger partial charge in [-0.05, 0) is 0 Å². The van der Waals surface area contributed by atoms with E-state index in [2.05, 4.69) is 9.97 Å². The number of aromatic nitrogens is 2. The summed E-state index contributed by atoms with van der Waals surface area (Å²) in [5, 5.41) is 8.76. The Morgan fingerprint density at radius 2 is 1.72 bits per heavy atom. The van der Waals surface area contributed by atoms with E-state index in [1.165, 1.54) is 12.4 Å². The molecule has 100 valence electrons. The minimum Gasteiger partial charge on any atom is -0.478 e. The van der Waals surface area contributed by atoms with Gasteiger partial charge in [0.2, 0.25) is 5.95 Å². The van der Waals surface area contributed by atoms with Gasteiger partial charge < -0.3 is 19.5 Å². The molecule has 1 heterocycles. The van der Waals surface area contributed by atoms with Gasteiger partial charge in [0.1, 0.15) is 0 Å². The molecule has 0 aliphatic carbocycles. The van der Waals surface area contributed by atoms with Crippen LogP contribution in [-0.4, -0.2) is 61.6 Å². The van der Waals surface area contributed by atoms with Crippen LogP contribution in [-0.2, 0) is 9.47 Å². The van der Waals surface area contributed by atoms with Gasteiger partial charge in [-0.1, -0.05) is 0 Å². The minimum absolute atomic E-state index is 0.0668. The summed E-state index contributed by atoms with van der Waals surface area (Å²) >= 11 is 0. The average Bonchev–Trinajstić information content (AvgIpc) is 2.39. The topological polar surface area (TPSA) is 84.8 Å². The van der Waals surface area contributed by atoms with Crippen molar-refractivity contribution >= 4 is 11.9 Å². The van der Waals surface area contributed by atoms with E-state index in [0.717, 1.165) is 0 Å². The van der Waals surface area contributed by atoms with Crippen LogP contribution < -0.4 is 4.90 Å². The van der Waals surface area contributed by atoms with E-state index in [1.807, 2.05) is 4.90 Å². The highest BCUT2D eigenvalue weighted by Crippen LogP contribution is 2.07. The number of anilines is 1. The number of rotatable bonds is 8. The molecule has 1 rings (SSSR count). The van der Waals surface area contributed by atoms with Crippen LogP contribution in [0.2, 0.25) is 0 Å². The second-order valence-corrected chi connectivity index (χ2v) is 3.55. The van der Waals surface area contributed by atoms with Crippen molar-refractivity contribution in [3.05, 3.63) is 18.0 Å². The highest BCUT2D eigenvalue weighted by Gasteiger charge is 2.10. The molecule has 0 bridgehead atoms. The van der Waals surface area contributed by atoms with Gasteiger partial charge >= 0.3 is 5.97 Å². The van der Waals surface area contributed by atoms with Crippen LogP contribution in [0, 0.1) is 0 Å². The number of hydrogen-bond donors (Lipinski definition) is 1. The van der Waals surface area contributed by atoms with E-state index >= 15 is 0 Å². The second kappa shape index (κ2) is 7.57. The number of methoxy groups -OCH3 is 2. The van der Waals surface area contributed by atoms with E-state index < -0.39 is 5.97 Å². The van der Waals surface area contributed by atoms with Crippen molar-refractivity contribution in [1.29, 1.82) is 0 Å². The molecule has 7 heteroatoms. The van der Waals surface area contributed by atoms with Crippen molar-refractivity contribution in [3.8, 4) is 0 Å². The fourth-order valence-electron chi connectivity index (χ4n) is 1.31. The van der Waals surface area contributed by atoms with Crippen LogP contribution in [0.1, 0.15) is 10.4 Å². The smallest absolute Gasteiger partial charge is 0.338 e. The molecule has 0 unspecified atom stereocenters. The summed E-state index contributed by atoms with van der Waals surface area (Å²) in [5.74, 6) is -0.573. The summed E-state index contributed by atoms with van der Waals surface area (Å²) in [4.78, 5) is 20.6. The lowest BCUT2D eigenvalue weighted by molar-refractivity contribution is 0.0696. The Bertz CT molecular complexity index is 361. The monoisotopic (exact) mass is 255 g/mol. The zero-order valence-corrected chi connectivity index (χ0v) is 10.5. The third-order valence-corrected chi connectivity index (χ3v) is 2.30. The molecule has 0 radical (unpaired) electrons. The number of ether oxygens (including phenoxy) is 2. The van der Waals surface area contributed by atoms with Crippen molar-refractivity contribution in [1.82, 2.24) is 9.97 Å². The number of carboxylic acid groups (broad SMARTS) is 1. The normalized spacial score (nSPS) is 10.3. The van der Waals surface area contributed by atoms with Crippen molar-refractivity contribution in [2.75, 3.05) is 45.4 Å². The molecular weight excluding hydrogens is 238 g/mol. The number of aromatic carboxylic acids is 1. The van der Waals surface area contributed by atoms with Gasteiger partial charge in [0.25, 0.3) is 0 Å². The first-order valence-electron chi connectivity index (χ1n) is 5.47. The maximum absolute atomic E-state index is 10.7. The van der Waals surface area contributed by atoms with Gasteiger partial charge in [0.15, 0.2) is 0 Å². The summed E-state index contributed by atoms with van der Waals surface area (Å²) in [5.41, 5.74) is 0.0668. The van der Waals surface area contributed by atoms with E-state index in [-0.39, 0.29) is 5.56 Å². The quantitative estimate of drug-likeness (QED) is 0.713. The van der Waals surface area contributed by atoms with Crippen LogP contribution in [0.3, 0.4) is 0 Å². The largest absolute Gasteiger partial charge is 0.478 e. The number of carboxylic acids is 1. The SMILES string of the molecule is COCCN(CCOC)c1ncc(C(=O)O)cn1. The highest BCUT2D eigenvalue weighted by atomic mass is 16.5.